The van der Waals surface area contributed by atoms with Crippen molar-refractivity contribution in [2.24, 2.45) is 0 Å². The van der Waals surface area contributed by atoms with E-state index in [1.54, 1.807) is 35.6 Å². The van der Waals surface area contributed by atoms with Gasteiger partial charge in [0.05, 0.1) is 24.1 Å². The van der Waals surface area contributed by atoms with Gasteiger partial charge in [-0.25, -0.2) is 9.97 Å². The number of carbonyl (C=O) groups excluding carboxylic acids is 1. The highest BCUT2D eigenvalue weighted by atomic mass is 16.2. The third-order valence-corrected chi connectivity index (χ3v) is 4.31. The van der Waals surface area contributed by atoms with Crippen LogP contribution >= 0.6 is 0 Å². The molecule has 0 unspecified atom stereocenters. The number of nitrogens with zero attached hydrogens (tertiary/aromatic N) is 5. The fourth-order valence-corrected chi connectivity index (χ4v) is 2.92. The van der Waals surface area contributed by atoms with E-state index in [1.165, 1.54) is 6.20 Å². The van der Waals surface area contributed by atoms with E-state index in [9.17, 15) is 9.59 Å². The average Bonchev–Trinajstić information content (AvgIpc) is 2.68. The molecular formula is C18H16N6O2. The van der Waals surface area contributed by atoms with Gasteiger partial charge in [0.25, 0.3) is 11.5 Å². The third-order valence-electron chi connectivity index (χ3n) is 4.31. The van der Waals surface area contributed by atoms with Gasteiger partial charge < -0.3 is 9.88 Å². The molecule has 0 atom stereocenters. The standard InChI is InChI=1S/C18H16N6O2/c1-11-8-21-14(9-20-11)18(26)24-7-4-13-15(10-24)22-16(23-17(13)25)12-2-5-19-6-3-12/h2-3,5-6,8-9H,4,7,10H2,1H3,(H,22,23,25). The molecule has 4 rings (SSSR count). The molecule has 3 aromatic rings. The van der Waals surface area contributed by atoms with Crippen LogP contribution in [0.2, 0.25) is 0 Å². The summed E-state index contributed by atoms with van der Waals surface area (Å²) < 4.78 is 0. The molecule has 0 aromatic carbocycles. The lowest BCUT2D eigenvalue weighted by atomic mass is 10.1. The van der Waals surface area contributed by atoms with E-state index >= 15 is 0 Å². The van der Waals surface area contributed by atoms with E-state index in [0.717, 1.165) is 11.3 Å². The Balaban J connectivity index is 1.65. The van der Waals surface area contributed by atoms with E-state index in [1.807, 2.05) is 6.92 Å². The molecule has 130 valence electrons. The summed E-state index contributed by atoms with van der Waals surface area (Å²) >= 11 is 0. The normalized spacial score (nSPS) is 13.3. The van der Waals surface area contributed by atoms with Crippen LogP contribution < -0.4 is 5.56 Å². The molecule has 4 heterocycles. The lowest BCUT2D eigenvalue weighted by molar-refractivity contribution is 0.0725. The minimum Gasteiger partial charge on any atom is -0.331 e. The van der Waals surface area contributed by atoms with Crippen molar-refractivity contribution in [2.45, 2.75) is 19.9 Å². The van der Waals surface area contributed by atoms with E-state index in [0.29, 0.717) is 35.7 Å². The smallest absolute Gasteiger partial charge is 0.274 e. The number of aromatic amines is 1. The van der Waals surface area contributed by atoms with E-state index in [4.69, 9.17) is 0 Å². The zero-order valence-corrected chi connectivity index (χ0v) is 14.1. The van der Waals surface area contributed by atoms with Gasteiger partial charge in [0.15, 0.2) is 0 Å². The molecule has 26 heavy (non-hydrogen) atoms. The first-order chi connectivity index (χ1) is 12.6. The van der Waals surface area contributed by atoms with E-state index in [2.05, 4.69) is 24.9 Å². The predicted molar refractivity (Wildman–Crippen MR) is 93.3 cm³/mol. The lowest BCUT2D eigenvalue weighted by Gasteiger charge is -2.27. The Bertz CT molecular complexity index is 1010. The number of aryl methyl sites for hydroxylation is 1. The van der Waals surface area contributed by atoms with Crippen molar-refractivity contribution in [1.82, 2.24) is 29.8 Å². The number of pyridine rings is 1. The minimum atomic E-state index is -0.212. The quantitative estimate of drug-likeness (QED) is 0.744. The van der Waals surface area contributed by atoms with Crippen molar-refractivity contribution in [1.29, 1.82) is 0 Å². The first-order valence-corrected chi connectivity index (χ1v) is 8.22. The maximum atomic E-state index is 12.7. The van der Waals surface area contributed by atoms with E-state index in [-0.39, 0.29) is 18.0 Å². The van der Waals surface area contributed by atoms with Crippen molar-refractivity contribution < 1.29 is 4.79 Å². The van der Waals surface area contributed by atoms with Gasteiger partial charge in [-0.15, -0.1) is 0 Å². The summed E-state index contributed by atoms with van der Waals surface area (Å²) in [7, 11) is 0. The molecule has 8 heteroatoms. The molecule has 1 aliphatic heterocycles. The highest BCUT2D eigenvalue weighted by Crippen LogP contribution is 2.19. The molecule has 0 saturated heterocycles. The minimum absolute atomic E-state index is 0.163. The highest BCUT2D eigenvalue weighted by Gasteiger charge is 2.26. The molecule has 0 bridgehead atoms. The number of aromatic nitrogens is 5. The van der Waals surface area contributed by atoms with Gasteiger partial charge in [0.2, 0.25) is 0 Å². The Morgan fingerprint density at radius 2 is 2.00 bits per heavy atom. The molecule has 1 N–H and O–H groups in total. The highest BCUT2D eigenvalue weighted by molar-refractivity contribution is 5.92. The Morgan fingerprint density at radius 1 is 1.19 bits per heavy atom. The van der Waals surface area contributed by atoms with Gasteiger partial charge in [-0.05, 0) is 25.5 Å². The summed E-state index contributed by atoms with van der Waals surface area (Å²) in [6.07, 6.45) is 6.77. The molecule has 3 aromatic heterocycles. The number of carbonyl (C=O) groups is 1. The van der Waals surface area contributed by atoms with Crippen molar-refractivity contribution in [2.75, 3.05) is 6.54 Å². The van der Waals surface area contributed by atoms with Crippen LogP contribution in [0.3, 0.4) is 0 Å². The zero-order chi connectivity index (χ0) is 18.1. The summed E-state index contributed by atoms with van der Waals surface area (Å²) in [6.45, 7) is 2.53. The van der Waals surface area contributed by atoms with Crippen molar-refractivity contribution >= 4 is 5.91 Å². The first-order valence-electron chi connectivity index (χ1n) is 8.22. The molecule has 0 spiro atoms. The molecule has 1 aliphatic rings. The largest absolute Gasteiger partial charge is 0.331 e. The van der Waals surface area contributed by atoms with Gasteiger partial charge in [0.1, 0.15) is 11.5 Å². The Labute approximate surface area is 149 Å². The van der Waals surface area contributed by atoms with Crippen LogP contribution in [0, 0.1) is 6.92 Å². The number of hydrogen-bond acceptors (Lipinski definition) is 6. The summed E-state index contributed by atoms with van der Waals surface area (Å²) in [6, 6.07) is 3.55. The molecule has 0 aliphatic carbocycles. The molecule has 0 fully saturated rings. The number of hydrogen-bond donors (Lipinski definition) is 1. The number of rotatable bonds is 2. The van der Waals surface area contributed by atoms with Crippen LogP contribution in [0.1, 0.15) is 27.4 Å². The van der Waals surface area contributed by atoms with Crippen LogP contribution in [-0.4, -0.2) is 42.3 Å². The summed E-state index contributed by atoms with van der Waals surface area (Å²) in [5.74, 6) is 0.260. The van der Waals surface area contributed by atoms with Crippen LogP contribution in [0.5, 0.6) is 0 Å². The topological polar surface area (TPSA) is 105 Å². The maximum Gasteiger partial charge on any atom is 0.274 e. The molecular weight excluding hydrogens is 332 g/mol. The Morgan fingerprint density at radius 3 is 2.73 bits per heavy atom. The number of H-pyrrole nitrogens is 1. The van der Waals surface area contributed by atoms with Gasteiger partial charge in [-0.3, -0.25) is 19.6 Å². The summed E-state index contributed by atoms with van der Waals surface area (Å²) in [5.41, 5.74) is 2.89. The predicted octanol–water partition coefficient (Wildman–Crippen LogP) is 1.13. The monoisotopic (exact) mass is 348 g/mol. The van der Waals surface area contributed by atoms with E-state index < -0.39 is 0 Å². The van der Waals surface area contributed by atoms with Crippen LogP contribution in [0.4, 0.5) is 0 Å². The second-order valence-corrected chi connectivity index (χ2v) is 6.10. The number of fused-ring (bicyclic) bond motifs is 1. The molecule has 8 nitrogen and oxygen atoms in total. The maximum absolute atomic E-state index is 12.7. The molecule has 1 amide bonds. The fraction of sp³-hybridized carbons (Fsp3) is 0.222. The number of amides is 1. The average molecular weight is 348 g/mol. The fourth-order valence-electron chi connectivity index (χ4n) is 2.92. The van der Waals surface area contributed by atoms with Crippen LogP contribution in [-0.2, 0) is 13.0 Å². The summed E-state index contributed by atoms with van der Waals surface area (Å²) in [4.78, 5) is 46.3. The Hall–Kier alpha value is -3.42. The third kappa shape index (κ3) is 2.97. The second-order valence-electron chi connectivity index (χ2n) is 6.10. The van der Waals surface area contributed by atoms with Crippen molar-refractivity contribution in [3.05, 3.63) is 69.9 Å². The zero-order valence-electron chi connectivity index (χ0n) is 14.1. The van der Waals surface area contributed by atoms with Gasteiger partial charge in [-0.2, -0.15) is 0 Å². The van der Waals surface area contributed by atoms with Gasteiger partial charge in [0, 0.05) is 36.3 Å². The first kappa shape index (κ1) is 16.1. The molecule has 0 saturated carbocycles. The Kier molecular flexibility index (Phi) is 4.00. The SMILES string of the molecule is Cc1cnc(C(=O)N2CCc3c(nc(-c4ccncc4)[nH]c3=O)C2)cn1. The van der Waals surface area contributed by atoms with Crippen LogP contribution in [0.25, 0.3) is 11.4 Å². The van der Waals surface area contributed by atoms with Crippen molar-refractivity contribution in [3.8, 4) is 11.4 Å². The lowest BCUT2D eigenvalue weighted by Crippen LogP contribution is -2.39. The molecule has 0 radical (unpaired) electrons. The van der Waals surface area contributed by atoms with Gasteiger partial charge in [-0.1, -0.05) is 0 Å². The number of nitrogens with one attached hydrogen (secondary N) is 1. The second kappa shape index (κ2) is 6.47. The summed E-state index contributed by atoms with van der Waals surface area (Å²) in [5, 5.41) is 0. The van der Waals surface area contributed by atoms with Crippen molar-refractivity contribution in [3.63, 3.8) is 0 Å². The van der Waals surface area contributed by atoms with Gasteiger partial charge >= 0.3 is 0 Å². The van der Waals surface area contributed by atoms with Crippen LogP contribution in [0.15, 0.2) is 41.7 Å².